The van der Waals surface area contributed by atoms with Gasteiger partial charge < -0.3 is 10.0 Å². The molecule has 0 unspecified atom stereocenters. The molecule has 2 heterocycles. The summed E-state index contributed by atoms with van der Waals surface area (Å²) in [5.74, 6) is -3.14. The van der Waals surface area contributed by atoms with E-state index in [0.29, 0.717) is 53.1 Å². The fourth-order valence-corrected chi connectivity index (χ4v) is 7.52. The Hall–Kier alpha value is -3.84. The number of nitrogens with zero attached hydrogens (tertiary/aromatic N) is 3. The van der Waals surface area contributed by atoms with Crippen molar-refractivity contribution in [2.45, 2.75) is 56.3 Å². The zero-order valence-corrected chi connectivity index (χ0v) is 25.6. The minimum Gasteiger partial charge on any atom is -0.480 e. The van der Waals surface area contributed by atoms with Crippen LogP contribution >= 0.6 is 11.6 Å². The van der Waals surface area contributed by atoms with Crippen LogP contribution in [0.5, 0.6) is 0 Å². The van der Waals surface area contributed by atoms with E-state index in [0.717, 1.165) is 10.6 Å². The highest BCUT2D eigenvalue weighted by atomic mass is 35.5. The highest BCUT2D eigenvalue weighted by Crippen LogP contribution is 2.46. The number of benzene rings is 2. The molecule has 0 spiro atoms. The number of pyridine rings is 1. The van der Waals surface area contributed by atoms with Crippen LogP contribution in [0.25, 0.3) is 0 Å². The number of carboxylic acid groups (broad SMARTS) is 1. The van der Waals surface area contributed by atoms with Crippen molar-refractivity contribution >= 4 is 39.4 Å². The first-order chi connectivity index (χ1) is 21.1. The number of carbonyl (C=O) groups is 3. The lowest BCUT2D eigenvalue weighted by atomic mass is 9.76. The fraction of sp³-hybridized carbons (Fsp3) is 0.355. The number of carbonyl (C=O) groups excluding carboxylic acids is 2. The van der Waals surface area contributed by atoms with Gasteiger partial charge in [0.25, 0.3) is 11.8 Å². The minimum absolute atomic E-state index is 0.0123. The van der Waals surface area contributed by atoms with Crippen molar-refractivity contribution in [3.63, 3.8) is 0 Å². The third kappa shape index (κ3) is 6.78. The van der Waals surface area contributed by atoms with E-state index in [4.69, 9.17) is 16.4 Å². The van der Waals surface area contributed by atoms with Gasteiger partial charge in [0.1, 0.15) is 13.2 Å². The second-order valence-electron chi connectivity index (χ2n) is 11.0. The fourth-order valence-electron chi connectivity index (χ4n) is 6.31. The highest BCUT2D eigenvalue weighted by Gasteiger charge is 2.50. The van der Waals surface area contributed by atoms with Gasteiger partial charge in [0.15, 0.2) is 0 Å². The summed E-state index contributed by atoms with van der Waals surface area (Å²) in [6, 6.07) is 16.5. The topological polar surface area (TPSA) is 146 Å². The van der Waals surface area contributed by atoms with Gasteiger partial charge in [-0.05, 0) is 54.3 Å². The molecule has 11 nitrogen and oxygen atoms in total. The van der Waals surface area contributed by atoms with Gasteiger partial charge in [0.2, 0.25) is 10.0 Å². The van der Waals surface area contributed by atoms with Gasteiger partial charge in [-0.15, -0.1) is 0 Å². The lowest BCUT2D eigenvalue weighted by Gasteiger charge is -2.50. The normalized spacial score (nSPS) is 22.0. The number of amides is 2. The Kier molecular flexibility index (Phi) is 9.64. The second-order valence-corrected chi connectivity index (χ2v) is 13.3. The molecule has 5 rings (SSSR count). The average Bonchev–Trinajstić information content (AvgIpc) is 3.00. The van der Waals surface area contributed by atoms with E-state index >= 15 is 0 Å². The Labute approximate surface area is 260 Å². The zero-order chi connectivity index (χ0) is 31.4. The molecular formula is C31H33ClN4O7S. The van der Waals surface area contributed by atoms with Gasteiger partial charge >= 0.3 is 5.97 Å². The molecule has 0 radical (unpaired) electrons. The van der Waals surface area contributed by atoms with E-state index in [2.05, 4.69) is 10.5 Å². The van der Waals surface area contributed by atoms with Crippen LogP contribution in [0.1, 0.15) is 64.8 Å². The van der Waals surface area contributed by atoms with Crippen LogP contribution in [0.4, 0.5) is 0 Å². The van der Waals surface area contributed by atoms with Crippen LogP contribution in [-0.2, 0) is 31.1 Å². The second kappa shape index (κ2) is 13.4. The summed E-state index contributed by atoms with van der Waals surface area (Å²) in [6.07, 6.45) is 4.70. The molecule has 13 heteroatoms. The first-order valence-corrected chi connectivity index (χ1v) is 16.5. The molecule has 0 bridgehead atoms. The Balaban J connectivity index is 1.61. The van der Waals surface area contributed by atoms with Gasteiger partial charge in [0, 0.05) is 28.9 Å². The summed E-state index contributed by atoms with van der Waals surface area (Å²) in [5.41, 5.74) is 4.55. The number of hydrogen-bond donors (Lipinski definition) is 2. The van der Waals surface area contributed by atoms with E-state index in [1.807, 2.05) is 0 Å². The molecule has 4 atom stereocenters. The van der Waals surface area contributed by atoms with Crippen molar-refractivity contribution in [3.8, 4) is 0 Å². The largest absolute Gasteiger partial charge is 0.480 e. The lowest BCUT2D eigenvalue weighted by molar-refractivity contribution is -0.138. The van der Waals surface area contributed by atoms with Gasteiger partial charge in [-0.25, -0.2) is 13.9 Å². The number of carboxylic acids is 1. The molecule has 232 valence electrons. The molecule has 1 saturated carbocycles. The Morgan fingerprint density at radius 2 is 1.77 bits per heavy atom. The molecule has 1 aliphatic carbocycles. The molecule has 2 aromatic carbocycles. The van der Waals surface area contributed by atoms with Crippen molar-refractivity contribution in [3.05, 3.63) is 100 Å². The quantitative estimate of drug-likeness (QED) is 0.317. The lowest BCUT2D eigenvalue weighted by Crippen LogP contribution is -2.60. The Morgan fingerprint density at radius 1 is 1.07 bits per heavy atom. The van der Waals surface area contributed by atoms with Crippen LogP contribution in [0, 0.1) is 0 Å². The highest BCUT2D eigenvalue weighted by molar-refractivity contribution is 7.88. The number of nitrogens with one attached hydrogen (secondary N) is 1. The zero-order valence-electron chi connectivity index (χ0n) is 24.0. The molecular weight excluding hydrogens is 608 g/mol. The summed E-state index contributed by atoms with van der Waals surface area (Å²) in [4.78, 5) is 51.6. The molecule has 2 aliphatic rings. The average molecular weight is 641 g/mol. The number of halogens is 1. The molecule has 3 aromatic rings. The Morgan fingerprint density at radius 3 is 2.45 bits per heavy atom. The first-order valence-electron chi connectivity index (χ1n) is 14.2. The van der Waals surface area contributed by atoms with Gasteiger partial charge in [-0.3, -0.25) is 24.2 Å². The van der Waals surface area contributed by atoms with Crippen LogP contribution in [0.2, 0.25) is 5.02 Å². The number of fused-ring (bicyclic) bond motifs is 1. The van der Waals surface area contributed by atoms with E-state index in [9.17, 15) is 27.9 Å². The maximum atomic E-state index is 14.4. The number of aliphatic carboxylic acids is 1. The summed E-state index contributed by atoms with van der Waals surface area (Å²) in [7, 11) is -3.97. The number of aromatic nitrogens is 1. The predicted octanol–water partition coefficient (Wildman–Crippen LogP) is 3.92. The Bertz CT molecular complexity index is 1620. The standard InChI is InChI=1S/C31H33ClN4O7S/c1-44(41,42)35(18-27(37)38)25-11-4-5-12-26(25)36-29(20-13-15-21(32)16-14-20)28(23-9-2-3-10-24(23)31(36)40)30(39)34-43-19-22-8-6-7-17-33-22/h2-3,6-10,13-17,25-26,28-29H,4-5,11-12,18-19H2,1H3,(H,34,39)(H,37,38)/t25-,26-,28+,29-/m0/s1. The third-order valence-electron chi connectivity index (χ3n) is 8.13. The summed E-state index contributed by atoms with van der Waals surface area (Å²) in [5, 5.41) is 10.1. The number of sulfonamides is 1. The van der Waals surface area contributed by atoms with Gasteiger partial charge in [-0.2, -0.15) is 4.31 Å². The van der Waals surface area contributed by atoms with E-state index in [1.165, 1.54) is 0 Å². The number of hydroxylamine groups is 1. The molecule has 2 N–H and O–H groups in total. The maximum Gasteiger partial charge on any atom is 0.318 e. The predicted molar refractivity (Wildman–Crippen MR) is 162 cm³/mol. The number of hydrogen-bond acceptors (Lipinski definition) is 7. The maximum absolute atomic E-state index is 14.4. The van der Waals surface area contributed by atoms with E-state index in [-0.39, 0.29) is 12.5 Å². The van der Waals surface area contributed by atoms with Crippen LogP contribution in [0.3, 0.4) is 0 Å². The monoisotopic (exact) mass is 640 g/mol. The smallest absolute Gasteiger partial charge is 0.318 e. The molecule has 1 fully saturated rings. The molecule has 1 aromatic heterocycles. The van der Waals surface area contributed by atoms with E-state index < -0.39 is 52.5 Å². The molecule has 44 heavy (non-hydrogen) atoms. The molecule has 1 aliphatic heterocycles. The summed E-state index contributed by atoms with van der Waals surface area (Å²) >= 11 is 6.22. The third-order valence-corrected chi connectivity index (χ3v) is 9.63. The number of rotatable bonds is 10. The first kappa shape index (κ1) is 31.6. The van der Waals surface area contributed by atoms with Crippen molar-refractivity contribution < 1.29 is 32.7 Å². The van der Waals surface area contributed by atoms with Gasteiger partial charge in [0.05, 0.1) is 23.9 Å². The van der Waals surface area contributed by atoms with E-state index in [1.54, 1.807) is 77.8 Å². The minimum atomic E-state index is -3.97. The van der Waals surface area contributed by atoms with Crippen molar-refractivity contribution in [2.75, 3.05) is 12.8 Å². The van der Waals surface area contributed by atoms with Crippen molar-refractivity contribution in [1.82, 2.24) is 19.7 Å². The van der Waals surface area contributed by atoms with Crippen LogP contribution in [-0.4, -0.2) is 70.4 Å². The van der Waals surface area contributed by atoms with Crippen molar-refractivity contribution in [1.29, 1.82) is 0 Å². The summed E-state index contributed by atoms with van der Waals surface area (Å²) in [6.45, 7) is -0.728. The summed E-state index contributed by atoms with van der Waals surface area (Å²) < 4.78 is 26.8. The van der Waals surface area contributed by atoms with Crippen molar-refractivity contribution in [2.24, 2.45) is 0 Å². The van der Waals surface area contributed by atoms with Crippen LogP contribution in [0.15, 0.2) is 72.9 Å². The van der Waals surface area contributed by atoms with Crippen LogP contribution < -0.4 is 5.48 Å². The molecule has 2 amide bonds. The molecule has 0 saturated heterocycles. The SMILES string of the molecule is CS(=O)(=O)N(CC(=O)O)[C@H]1CCCC[C@@H]1N1C(=O)c2ccccc2[C@@H](C(=O)NOCc2ccccn2)[C@@H]1c1ccc(Cl)cc1. The van der Waals surface area contributed by atoms with Gasteiger partial charge in [-0.1, -0.05) is 60.8 Å².